The minimum absolute atomic E-state index is 0.173. The first-order valence-corrected chi connectivity index (χ1v) is 10.9. The lowest BCUT2D eigenvalue weighted by molar-refractivity contribution is 0.0538. The molecule has 0 radical (unpaired) electrons. The van der Waals surface area contributed by atoms with Crippen molar-refractivity contribution in [2.75, 3.05) is 12.3 Å². The molecule has 0 unspecified atom stereocenters. The Hall–Kier alpha value is -2.26. The van der Waals surface area contributed by atoms with E-state index in [1.165, 1.54) is 12.1 Å². The van der Waals surface area contributed by atoms with Crippen LogP contribution in [0, 0.1) is 18.7 Å². The number of nitrogens with one attached hydrogen (secondary N) is 1. The molecule has 2 aromatic rings. The van der Waals surface area contributed by atoms with Gasteiger partial charge in [0.1, 0.15) is 12.4 Å². The first-order chi connectivity index (χ1) is 14.4. The van der Waals surface area contributed by atoms with E-state index < -0.39 is 0 Å². The van der Waals surface area contributed by atoms with Gasteiger partial charge in [-0.3, -0.25) is 0 Å². The van der Waals surface area contributed by atoms with E-state index in [1.54, 1.807) is 6.07 Å². The lowest BCUT2D eigenvalue weighted by atomic mass is 9.88. The molecule has 30 heavy (non-hydrogen) atoms. The van der Waals surface area contributed by atoms with Crippen molar-refractivity contribution in [3.05, 3.63) is 51.0 Å². The van der Waals surface area contributed by atoms with Gasteiger partial charge in [0.15, 0.2) is 5.84 Å². The van der Waals surface area contributed by atoms with Crippen LogP contribution in [-0.4, -0.2) is 33.6 Å². The van der Waals surface area contributed by atoms with Crippen LogP contribution in [0.1, 0.15) is 54.2 Å². The molecule has 2 heterocycles. The number of nitrogens with zero attached hydrogens (tertiary/aromatic N) is 3. The number of hydrogen-bond donors (Lipinski definition) is 3. The molecule has 160 valence electrons. The van der Waals surface area contributed by atoms with Crippen LogP contribution in [-0.2, 0) is 11.3 Å². The topological polar surface area (TPSA) is 106 Å². The lowest BCUT2D eigenvalue weighted by Gasteiger charge is -2.29. The van der Waals surface area contributed by atoms with Gasteiger partial charge in [-0.1, -0.05) is 27.2 Å². The van der Waals surface area contributed by atoms with E-state index in [-0.39, 0.29) is 23.9 Å². The van der Waals surface area contributed by atoms with Gasteiger partial charge in [-0.25, -0.2) is 14.4 Å². The van der Waals surface area contributed by atoms with E-state index in [4.69, 9.17) is 10.6 Å². The first-order valence-electron chi connectivity index (χ1n) is 10.1. The molecular formula is C21H25BrFN5O2. The minimum atomic E-state index is -0.306. The summed E-state index contributed by atoms with van der Waals surface area (Å²) in [5, 5.41) is 17.5. The Balaban J connectivity index is 1.59. The van der Waals surface area contributed by atoms with E-state index in [0.717, 1.165) is 48.2 Å². The number of hydrogen-bond acceptors (Lipinski definition) is 6. The summed E-state index contributed by atoms with van der Waals surface area (Å²) >= 11 is 3.45. The molecule has 0 bridgehead atoms. The second-order valence-corrected chi connectivity index (χ2v) is 8.82. The minimum Gasteiger partial charge on any atom is -0.394 e. The second-order valence-electron chi connectivity index (χ2n) is 7.97. The molecular weight excluding hydrogens is 453 g/mol. The van der Waals surface area contributed by atoms with Gasteiger partial charge in [0.2, 0.25) is 5.95 Å². The van der Waals surface area contributed by atoms with Crippen LogP contribution >= 0.6 is 15.9 Å². The van der Waals surface area contributed by atoms with E-state index >= 15 is 0 Å². The maximum atomic E-state index is 13.6. The van der Waals surface area contributed by atoms with Gasteiger partial charge in [0.05, 0.1) is 29.1 Å². The molecule has 1 atom stereocenters. The number of aliphatic hydroxyl groups excluding tert-OH is 1. The number of halogens is 2. The van der Waals surface area contributed by atoms with Gasteiger partial charge in [-0.2, -0.15) is 0 Å². The van der Waals surface area contributed by atoms with Crippen LogP contribution in [0.5, 0.6) is 0 Å². The molecule has 0 saturated heterocycles. The Morgan fingerprint density at radius 2 is 2.07 bits per heavy atom. The van der Waals surface area contributed by atoms with Crippen LogP contribution in [0.4, 0.5) is 10.3 Å². The highest BCUT2D eigenvalue weighted by atomic mass is 79.9. The van der Waals surface area contributed by atoms with Crippen molar-refractivity contribution in [3.8, 4) is 0 Å². The molecule has 1 aromatic heterocycles. The summed E-state index contributed by atoms with van der Waals surface area (Å²) in [7, 11) is 0. The van der Waals surface area contributed by atoms with Gasteiger partial charge in [0.25, 0.3) is 0 Å². The quantitative estimate of drug-likeness (QED) is 0.582. The molecule has 9 heteroatoms. The number of benzene rings is 1. The van der Waals surface area contributed by atoms with Crippen LogP contribution in [0.25, 0.3) is 0 Å². The fourth-order valence-electron chi connectivity index (χ4n) is 4.16. The maximum Gasteiger partial charge on any atom is 0.220 e. The summed E-state index contributed by atoms with van der Waals surface area (Å²) < 4.78 is 14.2. The highest BCUT2D eigenvalue weighted by Gasteiger charge is 2.30. The van der Waals surface area contributed by atoms with Gasteiger partial charge < -0.3 is 21.0 Å². The largest absolute Gasteiger partial charge is 0.394 e. The third-order valence-corrected chi connectivity index (χ3v) is 6.43. The van der Waals surface area contributed by atoms with Gasteiger partial charge in [0, 0.05) is 10.9 Å². The van der Waals surface area contributed by atoms with Crippen molar-refractivity contribution in [1.82, 2.24) is 15.3 Å². The average Bonchev–Trinajstić information content (AvgIpc) is 2.68. The van der Waals surface area contributed by atoms with Crippen molar-refractivity contribution in [2.24, 2.45) is 11.1 Å². The highest BCUT2D eigenvalue weighted by Crippen LogP contribution is 2.32. The average molecular weight is 478 g/mol. The molecule has 1 aliphatic heterocycles. The summed E-state index contributed by atoms with van der Waals surface area (Å²) in [6, 6.07) is 4.44. The number of oxime groups is 1. The Labute approximate surface area is 183 Å². The number of aromatic nitrogens is 2. The monoisotopic (exact) mass is 477 g/mol. The first kappa shape index (κ1) is 21.0. The van der Waals surface area contributed by atoms with E-state index in [1.807, 2.05) is 6.92 Å². The van der Waals surface area contributed by atoms with Crippen molar-refractivity contribution in [1.29, 1.82) is 0 Å². The molecule has 1 fully saturated rings. The van der Waals surface area contributed by atoms with E-state index in [2.05, 4.69) is 36.4 Å². The third-order valence-electron chi connectivity index (χ3n) is 5.75. The predicted octanol–water partition coefficient (Wildman–Crippen LogP) is 3.39. The van der Waals surface area contributed by atoms with E-state index in [9.17, 15) is 9.50 Å². The Kier molecular flexibility index (Phi) is 6.19. The molecule has 4 rings (SSSR count). The van der Waals surface area contributed by atoms with Crippen molar-refractivity contribution in [3.63, 3.8) is 0 Å². The second kappa shape index (κ2) is 8.85. The van der Waals surface area contributed by atoms with Gasteiger partial charge >= 0.3 is 0 Å². The van der Waals surface area contributed by atoms with Crippen LogP contribution < -0.4 is 11.1 Å². The van der Waals surface area contributed by atoms with Crippen LogP contribution in [0.15, 0.2) is 27.8 Å². The van der Waals surface area contributed by atoms with Crippen molar-refractivity contribution in [2.45, 2.75) is 51.2 Å². The number of aryl methyl sites for hydroxylation is 1. The zero-order valence-electron chi connectivity index (χ0n) is 16.7. The zero-order valence-corrected chi connectivity index (χ0v) is 18.3. The number of nitrogen functional groups attached to an aromatic ring is 1. The molecule has 0 amide bonds. The Morgan fingerprint density at radius 1 is 1.30 bits per heavy atom. The summed E-state index contributed by atoms with van der Waals surface area (Å²) in [5.74, 6) is 0.836. The predicted molar refractivity (Wildman–Crippen MR) is 115 cm³/mol. The molecule has 4 N–H and O–H groups in total. The van der Waals surface area contributed by atoms with Crippen LogP contribution in [0.2, 0.25) is 0 Å². The standard InChI is InChI=1S/C21H25BrFN5O2/c1-11-19-18(27-21(24)25-11)9-17(15-7-4-13(23)8-16(15)22)26-20(19)28-30-10-12-2-5-14(29)6-3-12/h4,7-8,12,14,17,29H,2-3,5-6,9-10H2,1H3,(H,26,28)(H2,24,25,27)/t12-,14-,17-/m1/s1. The van der Waals surface area contributed by atoms with Crippen molar-refractivity contribution >= 4 is 27.7 Å². The molecule has 1 aliphatic carbocycles. The molecule has 2 aliphatic rings. The molecule has 7 nitrogen and oxygen atoms in total. The number of anilines is 1. The number of rotatable bonds is 4. The smallest absolute Gasteiger partial charge is 0.220 e. The number of fused-ring (bicyclic) bond motifs is 1. The fraction of sp³-hybridized carbons (Fsp3) is 0.476. The zero-order chi connectivity index (χ0) is 21.3. The molecule has 0 spiro atoms. The van der Waals surface area contributed by atoms with Crippen LogP contribution in [0.3, 0.4) is 0 Å². The van der Waals surface area contributed by atoms with Gasteiger partial charge in [-0.15, -0.1) is 0 Å². The van der Waals surface area contributed by atoms with Gasteiger partial charge in [-0.05, 0) is 56.2 Å². The van der Waals surface area contributed by atoms with Crippen molar-refractivity contribution < 1.29 is 14.3 Å². The summed E-state index contributed by atoms with van der Waals surface area (Å²) in [4.78, 5) is 14.4. The summed E-state index contributed by atoms with van der Waals surface area (Å²) in [6.45, 7) is 2.36. The third kappa shape index (κ3) is 4.57. The van der Waals surface area contributed by atoms with E-state index in [0.29, 0.717) is 29.3 Å². The lowest BCUT2D eigenvalue weighted by Crippen LogP contribution is -2.38. The summed E-state index contributed by atoms with van der Waals surface area (Å²) in [6.07, 6.45) is 3.84. The Bertz CT molecular complexity index is 963. The number of amidine groups is 1. The SMILES string of the molecule is Cc1nc(N)nc2c1/C(=N/OC[C@H]1CC[C@H](O)CC1)N[C@@H](c1ccc(F)cc1Br)C2. The molecule has 1 saturated carbocycles. The number of aliphatic hydroxyl groups is 1. The highest BCUT2D eigenvalue weighted by molar-refractivity contribution is 9.10. The normalized spacial score (nSPS) is 24.9. The number of nitrogens with two attached hydrogens (primary N) is 1. The maximum absolute atomic E-state index is 13.6. The molecule has 1 aromatic carbocycles. The fourth-order valence-corrected chi connectivity index (χ4v) is 4.78. The Morgan fingerprint density at radius 3 is 2.80 bits per heavy atom. The summed E-state index contributed by atoms with van der Waals surface area (Å²) in [5.41, 5.74) is 9.07.